The van der Waals surface area contributed by atoms with E-state index in [2.05, 4.69) is 10.6 Å². The van der Waals surface area contributed by atoms with E-state index in [1.807, 2.05) is 0 Å². The normalized spacial score (nSPS) is 15.5. The number of benzene rings is 2. The number of hydrogen-bond donors (Lipinski definition) is 2. The molecule has 0 saturated carbocycles. The van der Waals surface area contributed by atoms with Gasteiger partial charge in [0.05, 0.1) is 37.4 Å². The van der Waals surface area contributed by atoms with Crippen LogP contribution in [0.2, 0.25) is 5.02 Å². The molecule has 1 aliphatic heterocycles. The van der Waals surface area contributed by atoms with Crippen LogP contribution in [0.25, 0.3) is 0 Å². The van der Waals surface area contributed by atoms with Crippen LogP contribution in [0.1, 0.15) is 24.1 Å². The van der Waals surface area contributed by atoms with E-state index in [9.17, 15) is 14.4 Å². The van der Waals surface area contributed by atoms with Crippen molar-refractivity contribution in [2.75, 3.05) is 20.3 Å². The molecule has 2 aromatic carbocycles. The van der Waals surface area contributed by atoms with Gasteiger partial charge in [-0.3, -0.25) is 4.79 Å². The van der Waals surface area contributed by atoms with Crippen LogP contribution in [-0.2, 0) is 25.5 Å². The molecule has 1 aliphatic rings. The van der Waals surface area contributed by atoms with Crippen molar-refractivity contribution in [1.29, 1.82) is 0 Å². The summed E-state index contributed by atoms with van der Waals surface area (Å²) >= 11 is 5.96. The van der Waals surface area contributed by atoms with Crippen molar-refractivity contribution in [3.63, 3.8) is 0 Å². The van der Waals surface area contributed by atoms with Crippen LogP contribution in [0, 0.1) is 0 Å². The zero-order valence-corrected chi connectivity index (χ0v) is 18.4. The molecule has 0 aromatic heterocycles. The van der Waals surface area contributed by atoms with Gasteiger partial charge in [-0.2, -0.15) is 0 Å². The lowest BCUT2D eigenvalue weighted by molar-refractivity contribution is -0.143. The summed E-state index contributed by atoms with van der Waals surface area (Å²) in [4.78, 5) is 37.4. The molecule has 1 heterocycles. The van der Waals surface area contributed by atoms with E-state index >= 15 is 0 Å². The smallest absolute Gasteiger partial charge is 0.338 e. The van der Waals surface area contributed by atoms with Gasteiger partial charge in [0.1, 0.15) is 12.4 Å². The molecule has 0 radical (unpaired) electrons. The maximum Gasteiger partial charge on any atom is 0.338 e. The molecule has 0 bridgehead atoms. The Morgan fingerprint density at radius 3 is 2.53 bits per heavy atom. The Bertz CT molecular complexity index is 1040. The van der Waals surface area contributed by atoms with E-state index in [0.717, 1.165) is 0 Å². The van der Waals surface area contributed by atoms with E-state index in [4.69, 9.17) is 25.8 Å². The van der Waals surface area contributed by atoms with Crippen LogP contribution < -0.4 is 15.4 Å². The number of urea groups is 1. The fourth-order valence-electron chi connectivity index (χ4n) is 3.24. The molecule has 2 aromatic rings. The number of ether oxygens (including phenoxy) is 3. The number of halogens is 1. The topological polar surface area (TPSA) is 103 Å². The molecule has 0 fully saturated rings. The highest BCUT2D eigenvalue weighted by atomic mass is 35.5. The SMILES string of the molecule is CCOC(=O)C1=C(COC(=O)Cc2cccc(OC)c2)NC(=O)N[C@@H]1c1ccc(Cl)cc1. The molecule has 168 valence electrons. The van der Waals surface area contributed by atoms with Crippen LogP contribution >= 0.6 is 11.6 Å². The molecule has 3 rings (SSSR count). The third-order valence-electron chi connectivity index (χ3n) is 4.71. The molecule has 8 nitrogen and oxygen atoms in total. The van der Waals surface area contributed by atoms with Crippen molar-refractivity contribution in [2.24, 2.45) is 0 Å². The van der Waals surface area contributed by atoms with Gasteiger partial charge >= 0.3 is 18.0 Å². The average molecular weight is 459 g/mol. The first-order chi connectivity index (χ1) is 15.4. The van der Waals surface area contributed by atoms with Crippen molar-refractivity contribution in [3.05, 3.63) is 76.0 Å². The van der Waals surface area contributed by atoms with Gasteiger partial charge in [0.15, 0.2) is 0 Å². The Hall–Kier alpha value is -3.52. The van der Waals surface area contributed by atoms with E-state index in [1.165, 1.54) is 7.11 Å². The Balaban J connectivity index is 1.82. The minimum Gasteiger partial charge on any atom is -0.497 e. The number of esters is 2. The van der Waals surface area contributed by atoms with E-state index in [0.29, 0.717) is 21.9 Å². The lowest BCUT2D eigenvalue weighted by Gasteiger charge is -2.29. The minimum absolute atomic E-state index is 0.00598. The molecule has 0 unspecified atom stereocenters. The molecule has 0 spiro atoms. The first kappa shape index (κ1) is 23.1. The second kappa shape index (κ2) is 10.7. The third kappa shape index (κ3) is 5.79. The van der Waals surface area contributed by atoms with Gasteiger partial charge in [0, 0.05) is 5.02 Å². The maximum absolute atomic E-state index is 12.7. The van der Waals surface area contributed by atoms with E-state index in [1.54, 1.807) is 55.5 Å². The fraction of sp³-hybridized carbons (Fsp3) is 0.261. The highest BCUT2D eigenvalue weighted by molar-refractivity contribution is 6.30. The Kier molecular flexibility index (Phi) is 7.72. The second-order valence-electron chi connectivity index (χ2n) is 6.88. The van der Waals surface area contributed by atoms with Crippen molar-refractivity contribution < 1.29 is 28.6 Å². The van der Waals surface area contributed by atoms with Gasteiger partial charge in [-0.25, -0.2) is 9.59 Å². The number of amides is 2. The van der Waals surface area contributed by atoms with Gasteiger partial charge in [-0.1, -0.05) is 35.9 Å². The molecular formula is C23H23ClN2O6. The zero-order valence-electron chi connectivity index (χ0n) is 17.6. The van der Waals surface area contributed by atoms with Crippen molar-refractivity contribution in [3.8, 4) is 5.75 Å². The Morgan fingerprint density at radius 1 is 1.09 bits per heavy atom. The quantitative estimate of drug-likeness (QED) is 0.588. The minimum atomic E-state index is -0.785. The van der Waals surface area contributed by atoms with Crippen molar-refractivity contribution in [1.82, 2.24) is 10.6 Å². The fourth-order valence-corrected chi connectivity index (χ4v) is 3.37. The Morgan fingerprint density at radius 2 is 1.84 bits per heavy atom. The van der Waals surface area contributed by atoms with Crippen LogP contribution in [0.4, 0.5) is 4.79 Å². The first-order valence-corrected chi connectivity index (χ1v) is 10.3. The van der Waals surface area contributed by atoms with E-state index in [-0.39, 0.29) is 30.9 Å². The second-order valence-corrected chi connectivity index (χ2v) is 7.32. The van der Waals surface area contributed by atoms with Gasteiger partial charge in [0.25, 0.3) is 0 Å². The lowest BCUT2D eigenvalue weighted by atomic mass is 9.95. The van der Waals surface area contributed by atoms with Crippen LogP contribution in [0.5, 0.6) is 5.75 Å². The van der Waals surface area contributed by atoms with E-state index < -0.39 is 24.0 Å². The molecule has 1 atom stereocenters. The molecule has 9 heteroatoms. The van der Waals surface area contributed by atoms with Crippen molar-refractivity contribution in [2.45, 2.75) is 19.4 Å². The number of hydrogen-bond acceptors (Lipinski definition) is 6. The van der Waals surface area contributed by atoms with Gasteiger partial charge in [0.2, 0.25) is 0 Å². The van der Waals surface area contributed by atoms with Crippen LogP contribution in [0.3, 0.4) is 0 Å². The number of nitrogens with one attached hydrogen (secondary N) is 2. The summed E-state index contributed by atoms with van der Waals surface area (Å²) in [5.41, 5.74) is 1.66. The van der Waals surface area contributed by atoms with Crippen LogP contribution in [-0.4, -0.2) is 38.3 Å². The summed E-state index contributed by atoms with van der Waals surface area (Å²) in [7, 11) is 1.54. The predicted octanol–water partition coefficient (Wildman–Crippen LogP) is 3.31. The molecule has 32 heavy (non-hydrogen) atoms. The van der Waals surface area contributed by atoms with Crippen molar-refractivity contribution >= 4 is 29.6 Å². The van der Waals surface area contributed by atoms with Gasteiger partial charge < -0.3 is 24.8 Å². The summed E-state index contributed by atoms with van der Waals surface area (Å²) in [5.74, 6) is -0.525. The largest absolute Gasteiger partial charge is 0.497 e. The highest BCUT2D eigenvalue weighted by Gasteiger charge is 2.34. The zero-order chi connectivity index (χ0) is 23.1. The summed E-state index contributed by atoms with van der Waals surface area (Å²) in [6.45, 7) is 1.53. The summed E-state index contributed by atoms with van der Waals surface area (Å²) in [6, 6.07) is 12.4. The van der Waals surface area contributed by atoms with Gasteiger partial charge in [-0.15, -0.1) is 0 Å². The Labute approximate surface area is 190 Å². The molecular weight excluding hydrogens is 436 g/mol. The summed E-state index contributed by atoms with van der Waals surface area (Å²) in [6.07, 6.45) is 0.00598. The lowest BCUT2D eigenvalue weighted by Crippen LogP contribution is -2.47. The molecule has 2 amide bonds. The summed E-state index contributed by atoms with van der Waals surface area (Å²) in [5, 5.41) is 5.78. The molecule has 2 N–H and O–H groups in total. The predicted molar refractivity (Wildman–Crippen MR) is 117 cm³/mol. The summed E-state index contributed by atoms with van der Waals surface area (Å²) < 4.78 is 15.7. The molecule has 0 aliphatic carbocycles. The number of carbonyl (C=O) groups is 3. The average Bonchev–Trinajstić information content (AvgIpc) is 2.78. The maximum atomic E-state index is 12.7. The highest BCUT2D eigenvalue weighted by Crippen LogP contribution is 2.29. The molecule has 0 saturated heterocycles. The first-order valence-electron chi connectivity index (χ1n) is 9.93. The van der Waals surface area contributed by atoms with Crippen LogP contribution in [0.15, 0.2) is 59.8 Å². The van der Waals surface area contributed by atoms with Gasteiger partial charge in [-0.05, 0) is 42.3 Å². The third-order valence-corrected chi connectivity index (χ3v) is 4.96. The number of carbonyl (C=O) groups excluding carboxylic acids is 3. The number of methoxy groups -OCH3 is 1. The monoisotopic (exact) mass is 458 g/mol. The number of rotatable bonds is 8. The standard InChI is InChI=1S/C23H23ClN2O6/c1-3-31-22(28)20-18(13-32-19(27)12-14-5-4-6-17(11-14)30-2)25-23(29)26-21(20)15-7-9-16(24)10-8-15/h4-11,21H,3,12-13H2,1-2H3,(H2,25,26,29)/t21-/m1/s1.